The summed E-state index contributed by atoms with van der Waals surface area (Å²) in [6, 6.07) is 56.1. The molecule has 0 aliphatic carbocycles. The molecule has 0 saturated carbocycles. The van der Waals surface area contributed by atoms with Crippen molar-refractivity contribution < 1.29 is 0 Å². The number of fused-ring (bicyclic) bond motifs is 7. The first-order valence-electron chi connectivity index (χ1n) is 16.3. The Morgan fingerprint density at radius 1 is 0.367 bits per heavy atom. The quantitative estimate of drug-likeness (QED) is 0.190. The molecule has 0 aliphatic rings. The van der Waals surface area contributed by atoms with Crippen molar-refractivity contribution in [3.63, 3.8) is 0 Å². The third kappa shape index (κ3) is 4.29. The summed E-state index contributed by atoms with van der Waals surface area (Å²) >= 11 is 0. The van der Waals surface area contributed by atoms with Gasteiger partial charge in [0.15, 0.2) is 17.3 Å². The predicted octanol–water partition coefficient (Wildman–Crippen LogP) is 9.56. The highest BCUT2D eigenvalue weighted by Crippen LogP contribution is 2.36. The van der Waals surface area contributed by atoms with E-state index in [2.05, 4.69) is 129 Å². The van der Waals surface area contributed by atoms with Gasteiger partial charge >= 0.3 is 0 Å². The number of hydrogen-bond donors (Lipinski definition) is 0. The van der Waals surface area contributed by atoms with E-state index < -0.39 is 0 Å². The van der Waals surface area contributed by atoms with E-state index in [1.807, 2.05) is 48.5 Å². The molecular weight excluding hydrogens is 603 g/mol. The van der Waals surface area contributed by atoms with Crippen molar-refractivity contribution in [1.82, 2.24) is 33.5 Å². The number of aromatic nitrogens is 7. The Balaban J connectivity index is 1.25. The van der Waals surface area contributed by atoms with E-state index >= 15 is 0 Å². The second-order valence-corrected chi connectivity index (χ2v) is 12.0. The standard InChI is InChI=1S/C42H27N7/c1-4-14-28(15-5-1)29-24-26-31(27-25-29)39-43-38(30-16-6-2-7-17-30)44-41(45-39)49-36-23-13-12-22-35(36)48-37-33-20-10-11-21-34(33)47(40(37)46-42(48)49)32-18-8-3-9-19-32/h1-27H. The number of imidazole rings is 2. The average molecular weight is 630 g/mol. The number of hydrogen-bond acceptors (Lipinski definition) is 4. The van der Waals surface area contributed by atoms with Gasteiger partial charge in [-0.25, -0.2) is 9.55 Å². The van der Waals surface area contributed by atoms with E-state index in [-0.39, 0.29) is 0 Å². The smallest absolute Gasteiger partial charge is 0.241 e. The molecule has 0 spiro atoms. The van der Waals surface area contributed by atoms with Crippen molar-refractivity contribution in [1.29, 1.82) is 0 Å². The van der Waals surface area contributed by atoms with Gasteiger partial charge < -0.3 is 0 Å². The van der Waals surface area contributed by atoms with Crippen LogP contribution in [0.2, 0.25) is 0 Å². The van der Waals surface area contributed by atoms with Crippen LogP contribution in [0.5, 0.6) is 0 Å². The average Bonchev–Trinajstić information content (AvgIpc) is 3.81. The maximum Gasteiger partial charge on any atom is 0.241 e. The van der Waals surface area contributed by atoms with Gasteiger partial charge in [-0.1, -0.05) is 133 Å². The molecule has 49 heavy (non-hydrogen) atoms. The highest BCUT2D eigenvalue weighted by atomic mass is 15.3. The molecule has 0 unspecified atom stereocenters. The summed E-state index contributed by atoms with van der Waals surface area (Å²) in [6.45, 7) is 0. The lowest BCUT2D eigenvalue weighted by atomic mass is 10.0. The Kier molecular flexibility index (Phi) is 6.04. The summed E-state index contributed by atoms with van der Waals surface area (Å²) in [6.07, 6.45) is 0. The highest BCUT2D eigenvalue weighted by Gasteiger charge is 2.25. The monoisotopic (exact) mass is 629 g/mol. The van der Waals surface area contributed by atoms with Gasteiger partial charge in [-0.3, -0.25) is 8.97 Å². The van der Waals surface area contributed by atoms with Crippen LogP contribution in [0.25, 0.3) is 84.4 Å². The SMILES string of the molecule is c1ccc(-c2ccc(-c3nc(-c4ccccc4)nc(-n4c5ccccc5n5c6c7ccccc7n(-c7ccccc7)c6nc45)n3)cc2)cc1. The van der Waals surface area contributed by atoms with E-state index in [4.69, 9.17) is 19.9 Å². The summed E-state index contributed by atoms with van der Waals surface area (Å²) in [7, 11) is 0. The van der Waals surface area contributed by atoms with Crippen LogP contribution in [0.15, 0.2) is 164 Å². The van der Waals surface area contributed by atoms with Crippen molar-refractivity contribution in [3.05, 3.63) is 164 Å². The Morgan fingerprint density at radius 2 is 0.878 bits per heavy atom. The molecule has 0 saturated heterocycles. The van der Waals surface area contributed by atoms with Crippen molar-refractivity contribution in [3.8, 4) is 45.5 Å². The van der Waals surface area contributed by atoms with Crippen molar-refractivity contribution in [2.75, 3.05) is 0 Å². The maximum atomic E-state index is 5.38. The van der Waals surface area contributed by atoms with Gasteiger partial charge in [0.1, 0.15) is 5.52 Å². The van der Waals surface area contributed by atoms with Gasteiger partial charge in [0, 0.05) is 22.2 Å². The predicted molar refractivity (Wildman–Crippen MR) is 196 cm³/mol. The van der Waals surface area contributed by atoms with Gasteiger partial charge in [-0.05, 0) is 41.5 Å². The molecule has 230 valence electrons. The Labute approximate surface area is 281 Å². The number of benzene rings is 6. The van der Waals surface area contributed by atoms with Crippen LogP contribution in [0.1, 0.15) is 0 Å². The molecular formula is C42H27N7. The normalized spacial score (nSPS) is 11.7. The minimum absolute atomic E-state index is 0.505. The fourth-order valence-electron chi connectivity index (χ4n) is 6.89. The summed E-state index contributed by atoms with van der Waals surface area (Å²) in [5, 5.41) is 1.12. The van der Waals surface area contributed by atoms with Crippen LogP contribution >= 0.6 is 0 Å². The lowest BCUT2D eigenvalue weighted by Gasteiger charge is -2.10. The van der Waals surface area contributed by atoms with E-state index in [1.54, 1.807) is 0 Å². The molecule has 0 aliphatic heterocycles. The second kappa shape index (κ2) is 10.9. The van der Waals surface area contributed by atoms with Gasteiger partial charge in [0.2, 0.25) is 11.7 Å². The van der Waals surface area contributed by atoms with Crippen LogP contribution in [0.3, 0.4) is 0 Å². The molecule has 4 heterocycles. The molecule has 10 rings (SSSR count). The molecule has 0 bridgehead atoms. The summed E-state index contributed by atoms with van der Waals surface area (Å²) < 4.78 is 6.54. The minimum Gasteiger partial charge on any atom is -0.292 e. The van der Waals surface area contributed by atoms with Gasteiger partial charge in [0.25, 0.3) is 0 Å². The topological polar surface area (TPSA) is 65.8 Å². The van der Waals surface area contributed by atoms with E-state index in [0.717, 1.165) is 66.8 Å². The molecule has 4 aromatic heterocycles. The van der Waals surface area contributed by atoms with Crippen LogP contribution < -0.4 is 0 Å². The van der Waals surface area contributed by atoms with Gasteiger partial charge in [0.05, 0.1) is 16.6 Å². The third-order valence-corrected chi connectivity index (χ3v) is 9.14. The summed E-state index contributed by atoms with van der Waals surface area (Å²) in [5.41, 5.74) is 10.2. The van der Waals surface area contributed by atoms with Crippen LogP contribution in [-0.2, 0) is 0 Å². The lowest BCUT2D eigenvalue weighted by Crippen LogP contribution is -2.07. The first-order chi connectivity index (χ1) is 24.3. The fraction of sp³-hybridized carbons (Fsp3) is 0. The van der Waals surface area contributed by atoms with Crippen molar-refractivity contribution in [2.45, 2.75) is 0 Å². The van der Waals surface area contributed by atoms with Crippen molar-refractivity contribution >= 4 is 38.9 Å². The largest absolute Gasteiger partial charge is 0.292 e. The number of rotatable bonds is 5. The molecule has 0 atom stereocenters. The number of nitrogens with zero attached hydrogens (tertiary/aromatic N) is 7. The van der Waals surface area contributed by atoms with E-state index in [9.17, 15) is 0 Å². The zero-order valence-electron chi connectivity index (χ0n) is 26.2. The molecule has 6 aromatic carbocycles. The van der Waals surface area contributed by atoms with Gasteiger partial charge in [-0.2, -0.15) is 15.0 Å². The maximum absolute atomic E-state index is 5.38. The Morgan fingerprint density at radius 3 is 1.57 bits per heavy atom. The summed E-state index contributed by atoms with van der Waals surface area (Å²) in [5.74, 6) is 2.43. The molecule has 10 aromatic rings. The third-order valence-electron chi connectivity index (χ3n) is 9.14. The second-order valence-electron chi connectivity index (χ2n) is 12.0. The molecule has 0 N–H and O–H groups in total. The van der Waals surface area contributed by atoms with E-state index in [0.29, 0.717) is 17.6 Å². The minimum atomic E-state index is 0.505. The lowest BCUT2D eigenvalue weighted by molar-refractivity contribution is 0.936. The summed E-state index contributed by atoms with van der Waals surface area (Å²) in [4.78, 5) is 20.7. The molecule has 7 nitrogen and oxygen atoms in total. The van der Waals surface area contributed by atoms with E-state index in [1.165, 1.54) is 0 Å². The zero-order chi connectivity index (χ0) is 32.3. The molecule has 0 radical (unpaired) electrons. The molecule has 7 heteroatoms. The first kappa shape index (κ1) is 27.3. The Hall–Kier alpha value is -6.86. The van der Waals surface area contributed by atoms with Gasteiger partial charge in [-0.15, -0.1) is 0 Å². The highest BCUT2D eigenvalue weighted by molar-refractivity contribution is 6.09. The van der Waals surface area contributed by atoms with Crippen LogP contribution in [0, 0.1) is 0 Å². The first-order valence-corrected chi connectivity index (χ1v) is 16.3. The fourth-order valence-corrected chi connectivity index (χ4v) is 6.89. The zero-order valence-corrected chi connectivity index (χ0v) is 26.2. The molecule has 0 fully saturated rings. The van der Waals surface area contributed by atoms with Crippen LogP contribution in [0.4, 0.5) is 0 Å². The number of para-hydroxylation sites is 4. The Bertz CT molecular complexity index is 2800. The van der Waals surface area contributed by atoms with Crippen LogP contribution in [-0.4, -0.2) is 33.5 Å². The van der Waals surface area contributed by atoms with Crippen molar-refractivity contribution in [2.24, 2.45) is 0 Å². The molecule has 0 amide bonds.